The second kappa shape index (κ2) is 8.67. The van der Waals surface area contributed by atoms with E-state index in [0.717, 1.165) is 0 Å². The van der Waals surface area contributed by atoms with E-state index >= 15 is 0 Å². The molecular formula is C16H20N2O5. The minimum atomic E-state index is -0.945. The van der Waals surface area contributed by atoms with Crippen molar-refractivity contribution in [2.75, 3.05) is 7.11 Å². The van der Waals surface area contributed by atoms with Gasteiger partial charge in [0.25, 0.3) is 5.91 Å². The number of esters is 1. The maximum atomic E-state index is 12.2. The van der Waals surface area contributed by atoms with Crippen molar-refractivity contribution in [1.29, 1.82) is 0 Å². The van der Waals surface area contributed by atoms with Gasteiger partial charge in [-0.1, -0.05) is 13.0 Å². The minimum absolute atomic E-state index is 0.0156. The molecule has 23 heavy (non-hydrogen) atoms. The molecule has 1 aromatic carbocycles. The normalized spacial score (nSPS) is 11.4. The number of carbonyl (C=O) groups excluding carboxylic acids is 4. The number of ether oxygens (including phenoxy) is 1. The predicted octanol–water partition coefficient (Wildman–Crippen LogP) is 0.816. The Balaban J connectivity index is 2.80. The third kappa shape index (κ3) is 5.54. The molecule has 0 unspecified atom stereocenters. The number of hydrogen-bond acceptors (Lipinski definition) is 5. The van der Waals surface area contributed by atoms with E-state index in [1.165, 1.54) is 31.4 Å². The number of primary amides is 1. The smallest absolute Gasteiger partial charge is 0.337 e. The number of benzene rings is 1. The Morgan fingerprint density at radius 1 is 1.22 bits per heavy atom. The number of nitrogens with one attached hydrogen (secondary N) is 1. The lowest BCUT2D eigenvalue weighted by atomic mass is 10.1. The quantitative estimate of drug-likeness (QED) is 0.688. The highest BCUT2D eigenvalue weighted by Gasteiger charge is 2.20. The van der Waals surface area contributed by atoms with Crippen molar-refractivity contribution >= 4 is 23.6 Å². The number of hydrogen-bond donors (Lipinski definition) is 2. The number of rotatable bonds is 8. The third-order valence-electron chi connectivity index (χ3n) is 3.30. The highest BCUT2D eigenvalue weighted by molar-refractivity contribution is 5.99. The van der Waals surface area contributed by atoms with Crippen LogP contribution in [0.25, 0.3) is 0 Å². The summed E-state index contributed by atoms with van der Waals surface area (Å²) in [4.78, 5) is 46.4. The van der Waals surface area contributed by atoms with Crippen molar-refractivity contribution in [3.63, 3.8) is 0 Å². The van der Waals surface area contributed by atoms with Crippen LogP contribution in [0, 0.1) is 0 Å². The van der Waals surface area contributed by atoms with Crippen molar-refractivity contribution in [3.8, 4) is 0 Å². The van der Waals surface area contributed by atoms with E-state index in [2.05, 4.69) is 10.1 Å². The molecule has 1 aromatic rings. The molecule has 124 valence electrons. The van der Waals surface area contributed by atoms with E-state index in [-0.39, 0.29) is 29.8 Å². The SMILES string of the molecule is CCC(=O)CC[C@@H](NC(=O)c1cccc(C(=O)OC)c1)C(N)=O. The molecule has 1 atom stereocenters. The largest absolute Gasteiger partial charge is 0.465 e. The molecule has 0 aromatic heterocycles. The molecule has 2 amide bonds. The van der Waals surface area contributed by atoms with Crippen LogP contribution >= 0.6 is 0 Å². The second-order valence-electron chi connectivity index (χ2n) is 4.93. The molecule has 0 saturated carbocycles. The summed E-state index contributed by atoms with van der Waals surface area (Å²) in [6.07, 6.45) is 0.664. The number of amides is 2. The van der Waals surface area contributed by atoms with E-state index < -0.39 is 23.8 Å². The summed E-state index contributed by atoms with van der Waals surface area (Å²) >= 11 is 0. The van der Waals surface area contributed by atoms with Gasteiger partial charge in [-0.25, -0.2) is 4.79 Å². The Hall–Kier alpha value is -2.70. The lowest BCUT2D eigenvalue weighted by molar-refractivity contribution is -0.121. The molecule has 7 heteroatoms. The number of methoxy groups -OCH3 is 1. The van der Waals surface area contributed by atoms with Gasteiger partial charge in [0, 0.05) is 18.4 Å². The van der Waals surface area contributed by atoms with Gasteiger partial charge >= 0.3 is 5.97 Å². The van der Waals surface area contributed by atoms with Crippen LogP contribution in [0.1, 0.15) is 46.9 Å². The number of nitrogens with two attached hydrogens (primary N) is 1. The minimum Gasteiger partial charge on any atom is -0.465 e. The van der Waals surface area contributed by atoms with E-state index in [1.807, 2.05) is 0 Å². The molecule has 0 bridgehead atoms. The predicted molar refractivity (Wildman–Crippen MR) is 82.8 cm³/mol. The summed E-state index contributed by atoms with van der Waals surface area (Å²) in [6, 6.07) is 4.95. The van der Waals surface area contributed by atoms with Gasteiger partial charge in [0.05, 0.1) is 12.7 Å². The van der Waals surface area contributed by atoms with Crippen molar-refractivity contribution in [3.05, 3.63) is 35.4 Å². The highest BCUT2D eigenvalue weighted by atomic mass is 16.5. The first-order chi connectivity index (χ1) is 10.9. The molecule has 0 saturated heterocycles. The fraction of sp³-hybridized carbons (Fsp3) is 0.375. The fourth-order valence-corrected chi connectivity index (χ4v) is 1.91. The summed E-state index contributed by atoms with van der Waals surface area (Å²) in [6.45, 7) is 1.72. The molecule has 0 aliphatic carbocycles. The fourth-order valence-electron chi connectivity index (χ4n) is 1.91. The third-order valence-corrected chi connectivity index (χ3v) is 3.30. The van der Waals surface area contributed by atoms with Crippen molar-refractivity contribution in [2.45, 2.75) is 32.2 Å². The van der Waals surface area contributed by atoms with Crippen molar-refractivity contribution in [1.82, 2.24) is 5.32 Å². The summed E-state index contributed by atoms with van der Waals surface area (Å²) in [7, 11) is 1.24. The van der Waals surface area contributed by atoms with Gasteiger partial charge in [-0.2, -0.15) is 0 Å². The molecule has 0 heterocycles. The monoisotopic (exact) mass is 320 g/mol. The maximum absolute atomic E-state index is 12.2. The zero-order valence-corrected chi connectivity index (χ0v) is 13.1. The van der Waals surface area contributed by atoms with E-state index in [4.69, 9.17) is 5.73 Å². The first-order valence-corrected chi connectivity index (χ1v) is 7.19. The van der Waals surface area contributed by atoms with Crippen molar-refractivity contribution in [2.24, 2.45) is 5.73 Å². The second-order valence-corrected chi connectivity index (χ2v) is 4.93. The molecule has 0 aliphatic heterocycles. The average Bonchev–Trinajstić information content (AvgIpc) is 2.56. The summed E-state index contributed by atoms with van der Waals surface area (Å²) in [5.41, 5.74) is 5.67. The van der Waals surface area contributed by atoms with Crippen LogP contribution in [0.2, 0.25) is 0 Å². The van der Waals surface area contributed by atoms with E-state index in [1.54, 1.807) is 6.92 Å². The van der Waals surface area contributed by atoms with Crippen LogP contribution in [-0.2, 0) is 14.3 Å². The molecule has 0 radical (unpaired) electrons. The van der Waals surface area contributed by atoms with Crippen LogP contribution in [0.5, 0.6) is 0 Å². The van der Waals surface area contributed by atoms with Crippen LogP contribution in [0.15, 0.2) is 24.3 Å². The van der Waals surface area contributed by atoms with E-state index in [0.29, 0.717) is 6.42 Å². The van der Waals surface area contributed by atoms with Crippen LogP contribution in [0.3, 0.4) is 0 Å². The highest BCUT2D eigenvalue weighted by Crippen LogP contribution is 2.08. The van der Waals surface area contributed by atoms with Gasteiger partial charge in [0.1, 0.15) is 11.8 Å². The van der Waals surface area contributed by atoms with Crippen molar-refractivity contribution < 1.29 is 23.9 Å². The summed E-state index contributed by atoms with van der Waals surface area (Å²) < 4.78 is 4.59. The van der Waals surface area contributed by atoms with Gasteiger partial charge in [0.2, 0.25) is 5.91 Å². The molecule has 0 aliphatic rings. The van der Waals surface area contributed by atoms with Gasteiger partial charge in [0.15, 0.2) is 0 Å². The molecule has 7 nitrogen and oxygen atoms in total. The Kier molecular flexibility index (Phi) is 6.92. The van der Waals surface area contributed by atoms with Gasteiger partial charge < -0.3 is 15.8 Å². The summed E-state index contributed by atoms with van der Waals surface area (Å²) in [5, 5.41) is 2.48. The molecular weight excluding hydrogens is 300 g/mol. The zero-order valence-electron chi connectivity index (χ0n) is 13.1. The molecule has 0 spiro atoms. The Labute approximate surface area is 134 Å². The summed E-state index contributed by atoms with van der Waals surface area (Å²) in [5.74, 6) is -1.85. The average molecular weight is 320 g/mol. The topological polar surface area (TPSA) is 116 Å². The lowest BCUT2D eigenvalue weighted by Gasteiger charge is -2.15. The molecule has 0 fully saturated rings. The lowest BCUT2D eigenvalue weighted by Crippen LogP contribution is -2.44. The first kappa shape index (κ1) is 18.3. The van der Waals surface area contributed by atoms with Crippen LogP contribution in [0.4, 0.5) is 0 Å². The van der Waals surface area contributed by atoms with E-state index in [9.17, 15) is 19.2 Å². The standard InChI is InChI=1S/C16H20N2O5/c1-3-12(19)7-8-13(14(17)20)18-15(21)10-5-4-6-11(9-10)16(22)23-2/h4-6,9,13H,3,7-8H2,1-2H3,(H2,17,20)(H,18,21)/t13-/m1/s1. The maximum Gasteiger partial charge on any atom is 0.337 e. The Bertz CT molecular complexity index is 612. The first-order valence-electron chi connectivity index (χ1n) is 7.19. The molecule has 3 N–H and O–H groups in total. The number of ketones is 1. The van der Waals surface area contributed by atoms with Gasteiger partial charge in [-0.15, -0.1) is 0 Å². The van der Waals surface area contributed by atoms with Gasteiger partial charge in [-0.05, 0) is 24.6 Å². The zero-order chi connectivity index (χ0) is 17.4. The number of Topliss-reactive ketones (excluding diaryl/α,β-unsaturated/α-hetero) is 1. The van der Waals surface area contributed by atoms with Gasteiger partial charge in [-0.3, -0.25) is 14.4 Å². The molecule has 1 rings (SSSR count). The Morgan fingerprint density at radius 2 is 1.87 bits per heavy atom. The van der Waals surface area contributed by atoms with Crippen LogP contribution in [-0.4, -0.2) is 36.7 Å². The number of carbonyl (C=O) groups is 4. The Morgan fingerprint density at radius 3 is 2.43 bits per heavy atom. The van der Waals surface area contributed by atoms with Crippen LogP contribution < -0.4 is 11.1 Å².